The molecule has 0 saturated carbocycles. The molecule has 0 radical (unpaired) electrons. The molecule has 0 unspecified atom stereocenters. The Bertz CT molecular complexity index is 1100. The summed E-state index contributed by atoms with van der Waals surface area (Å²) in [6, 6.07) is 15.7. The minimum atomic E-state index is -3.03. The van der Waals surface area contributed by atoms with Crippen molar-refractivity contribution in [3.63, 3.8) is 0 Å². The number of ether oxygens (including phenoxy) is 2. The van der Waals surface area contributed by atoms with Gasteiger partial charge in [0.15, 0.2) is 0 Å². The molecule has 0 aliphatic heterocycles. The monoisotopic (exact) mass is 407 g/mol. The Labute approximate surface area is 175 Å². The van der Waals surface area contributed by atoms with E-state index in [1.54, 1.807) is 25.3 Å². The van der Waals surface area contributed by atoms with Crippen LogP contribution >= 0.6 is 0 Å². The summed E-state index contributed by atoms with van der Waals surface area (Å²) >= 11 is 0. The van der Waals surface area contributed by atoms with Gasteiger partial charge in [-0.25, -0.2) is 8.78 Å². The van der Waals surface area contributed by atoms with Crippen molar-refractivity contribution in [2.75, 3.05) is 14.2 Å². The predicted octanol–water partition coefficient (Wildman–Crippen LogP) is 6.60. The highest BCUT2D eigenvalue weighted by molar-refractivity contribution is 6.03. The number of halogens is 2. The highest BCUT2D eigenvalue weighted by atomic mass is 19.3. The summed E-state index contributed by atoms with van der Waals surface area (Å²) in [5, 5.41) is 0. The zero-order valence-electron chi connectivity index (χ0n) is 17.2. The van der Waals surface area contributed by atoms with Crippen molar-refractivity contribution in [3.05, 3.63) is 90.6 Å². The molecule has 0 N–H and O–H groups in total. The van der Waals surface area contributed by atoms with Gasteiger partial charge in [0.25, 0.3) is 5.92 Å². The lowest BCUT2D eigenvalue weighted by molar-refractivity contribution is 0.0178. The van der Waals surface area contributed by atoms with Gasteiger partial charge in [0.1, 0.15) is 11.5 Å². The SMILES string of the molecule is C=C(C(=C)c1ccc(-c2ncccc2C(C)(F)F)c(OC)c1)c1cccc(OC)c1. The number of hydrogen-bond acceptors (Lipinski definition) is 3. The number of rotatable bonds is 7. The van der Waals surface area contributed by atoms with Crippen LogP contribution < -0.4 is 9.47 Å². The molecule has 3 aromatic rings. The average molecular weight is 407 g/mol. The number of aromatic nitrogens is 1. The van der Waals surface area contributed by atoms with Crippen molar-refractivity contribution in [3.8, 4) is 22.8 Å². The van der Waals surface area contributed by atoms with Crippen molar-refractivity contribution in [1.82, 2.24) is 4.98 Å². The number of hydrogen-bond donors (Lipinski definition) is 0. The Balaban J connectivity index is 2.01. The van der Waals surface area contributed by atoms with Gasteiger partial charge in [-0.1, -0.05) is 31.4 Å². The van der Waals surface area contributed by atoms with Gasteiger partial charge in [0, 0.05) is 24.2 Å². The molecule has 154 valence electrons. The summed E-state index contributed by atoms with van der Waals surface area (Å²) in [4.78, 5) is 4.19. The summed E-state index contributed by atoms with van der Waals surface area (Å²) in [5.74, 6) is -1.88. The number of pyridine rings is 1. The summed E-state index contributed by atoms with van der Waals surface area (Å²) in [5.41, 5.74) is 3.57. The van der Waals surface area contributed by atoms with Crippen LogP contribution in [0.4, 0.5) is 8.78 Å². The molecular weight excluding hydrogens is 384 g/mol. The second-order valence-corrected chi connectivity index (χ2v) is 6.89. The van der Waals surface area contributed by atoms with Crippen LogP contribution in [-0.4, -0.2) is 19.2 Å². The van der Waals surface area contributed by atoms with Gasteiger partial charge in [-0.05, 0) is 58.7 Å². The highest BCUT2D eigenvalue weighted by Crippen LogP contribution is 2.40. The molecule has 0 spiro atoms. The fourth-order valence-corrected chi connectivity index (χ4v) is 3.21. The molecular formula is C25H23F2NO2. The van der Waals surface area contributed by atoms with Crippen LogP contribution in [0, 0.1) is 0 Å². The van der Waals surface area contributed by atoms with Crippen molar-refractivity contribution < 1.29 is 18.3 Å². The van der Waals surface area contributed by atoms with Gasteiger partial charge in [0.2, 0.25) is 0 Å². The molecule has 0 atom stereocenters. The lowest BCUT2D eigenvalue weighted by Gasteiger charge is -2.18. The molecule has 30 heavy (non-hydrogen) atoms. The Morgan fingerprint density at radius 1 is 0.900 bits per heavy atom. The third kappa shape index (κ3) is 4.25. The van der Waals surface area contributed by atoms with E-state index in [1.807, 2.05) is 24.3 Å². The zero-order chi connectivity index (χ0) is 21.9. The van der Waals surface area contributed by atoms with Crippen LogP contribution in [0.15, 0.2) is 74.0 Å². The van der Waals surface area contributed by atoms with Gasteiger partial charge < -0.3 is 9.47 Å². The van der Waals surface area contributed by atoms with Crippen LogP contribution in [0.5, 0.6) is 11.5 Å². The van der Waals surface area contributed by atoms with E-state index in [-0.39, 0.29) is 11.3 Å². The number of nitrogens with zero attached hydrogens (tertiary/aromatic N) is 1. The van der Waals surface area contributed by atoms with E-state index in [0.717, 1.165) is 29.4 Å². The normalized spacial score (nSPS) is 11.1. The maximum Gasteiger partial charge on any atom is 0.272 e. The van der Waals surface area contributed by atoms with Gasteiger partial charge in [0.05, 0.1) is 19.9 Å². The van der Waals surface area contributed by atoms with Crippen LogP contribution in [0.1, 0.15) is 23.6 Å². The molecule has 0 bridgehead atoms. The third-order valence-corrected chi connectivity index (χ3v) is 4.87. The molecule has 3 nitrogen and oxygen atoms in total. The maximum absolute atomic E-state index is 14.1. The third-order valence-electron chi connectivity index (χ3n) is 4.87. The summed E-state index contributed by atoms with van der Waals surface area (Å²) in [6.45, 7) is 9.17. The number of allylic oxidation sites excluding steroid dienone is 2. The Morgan fingerprint density at radius 2 is 1.60 bits per heavy atom. The van der Waals surface area contributed by atoms with Crippen LogP contribution in [0.2, 0.25) is 0 Å². The topological polar surface area (TPSA) is 31.4 Å². The Hall–Kier alpha value is -3.47. The zero-order valence-corrected chi connectivity index (χ0v) is 17.2. The minimum absolute atomic E-state index is 0.157. The maximum atomic E-state index is 14.1. The molecule has 1 heterocycles. The second kappa shape index (κ2) is 8.49. The van der Waals surface area contributed by atoms with E-state index in [4.69, 9.17) is 9.47 Å². The number of benzene rings is 2. The molecule has 0 aliphatic rings. The first-order valence-electron chi connectivity index (χ1n) is 9.31. The van der Waals surface area contributed by atoms with Gasteiger partial charge in [-0.2, -0.15) is 0 Å². The fourth-order valence-electron chi connectivity index (χ4n) is 3.21. The molecule has 0 fully saturated rings. The first-order chi connectivity index (χ1) is 14.3. The molecule has 5 heteroatoms. The van der Waals surface area contributed by atoms with Crippen LogP contribution in [0.3, 0.4) is 0 Å². The standard InChI is InChI=1S/C25H23F2NO2/c1-16(18-8-6-9-20(14-18)29-4)17(2)19-11-12-21(23(15-19)30-5)24-22(25(3,26)27)10-7-13-28-24/h6-15H,1-2H2,3-5H3. The average Bonchev–Trinajstić information content (AvgIpc) is 2.77. The van der Waals surface area contributed by atoms with Gasteiger partial charge in [-0.15, -0.1) is 0 Å². The number of alkyl halides is 2. The Morgan fingerprint density at radius 3 is 2.23 bits per heavy atom. The van der Waals surface area contributed by atoms with Crippen molar-refractivity contribution in [2.45, 2.75) is 12.8 Å². The molecule has 0 aliphatic carbocycles. The number of methoxy groups -OCH3 is 2. The molecule has 0 saturated heterocycles. The molecule has 2 aromatic carbocycles. The van der Waals surface area contributed by atoms with E-state index in [9.17, 15) is 8.78 Å². The molecule has 3 rings (SSSR count). The van der Waals surface area contributed by atoms with E-state index in [0.29, 0.717) is 16.9 Å². The predicted molar refractivity (Wildman–Crippen MR) is 117 cm³/mol. The lowest BCUT2D eigenvalue weighted by atomic mass is 9.92. The highest BCUT2D eigenvalue weighted by Gasteiger charge is 2.29. The van der Waals surface area contributed by atoms with Gasteiger partial charge >= 0.3 is 0 Å². The molecule has 1 aromatic heterocycles. The van der Waals surface area contributed by atoms with Crippen molar-refractivity contribution in [1.29, 1.82) is 0 Å². The fraction of sp³-hybridized carbons (Fsp3) is 0.160. The van der Waals surface area contributed by atoms with Crippen molar-refractivity contribution in [2.24, 2.45) is 0 Å². The summed E-state index contributed by atoms with van der Waals surface area (Å²) in [6.07, 6.45) is 1.49. The quantitative estimate of drug-likeness (QED) is 0.413. The second-order valence-electron chi connectivity index (χ2n) is 6.89. The van der Waals surface area contributed by atoms with E-state index >= 15 is 0 Å². The van der Waals surface area contributed by atoms with E-state index < -0.39 is 5.92 Å². The first-order valence-corrected chi connectivity index (χ1v) is 9.31. The van der Waals surface area contributed by atoms with Gasteiger partial charge in [-0.3, -0.25) is 4.98 Å². The van der Waals surface area contributed by atoms with Crippen LogP contribution in [-0.2, 0) is 5.92 Å². The smallest absolute Gasteiger partial charge is 0.272 e. The lowest BCUT2D eigenvalue weighted by Crippen LogP contribution is -2.10. The largest absolute Gasteiger partial charge is 0.497 e. The first kappa shape index (κ1) is 21.2. The van der Waals surface area contributed by atoms with Crippen LogP contribution in [0.25, 0.3) is 22.4 Å². The van der Waals surface area contributed by atoms with E-state index in [1.165, 1.54) is 25.4 Å². The summed E-state index contributed by atoms with van der Waals surface area (Å²) < 4.78 is 38.9. The van der Waals surface area contributed by atoms with E-state index in [2.05, 4.69) is 18.1 Å². The minimum Gasteiger partial charge on any atom is -0.497 e. The van der Waals surface area contributed by atoms with Crippen molar-refractivity contribution >= 4 is 11.1 Å². The Kier molecular flexibility index (Phi) is 6.01. The molecule has 0 amide bonds. The summed E-state index contributed by atoms with van der Waals surface area (Å²) in [7, 11) is 3.10.